The maximum absolute atomic E-state index is 13.4. The molecule has 3 heterocycles. The molecule has 0 aromatic heterocycles. The lowest BCUT2D eigenvalue weighted by molar-refractivity contribution is -0.197. The summed E-state index contributed by atoms with van der Waals surface area (Å²) in [6, 6.07) is 6.13. The van der Waals surface area contributed by atoms with E-state index >= 15 is 0 Å². The number of nitrogens with zero attached hydrogens (tertiary/aromatic N) is 4. The molecule has 2 aromatic rings. The van der Waals surface area contributed by atoms with Crippen molar-refractivity contribution in [2.75, 3.05) is 33.7 Å². The average Bonchev–Trinajstić information content (AvgIpc) is 3.23. The van der Waals surface area contributed by atoms with Crippen LogP contribution in [-0.2, 0) is 19.2 Å². The van der Waals surface area contributed by atoms with Crippen LogP contribution in [0.4, 0.5) is 0 Å². The highest BCUT2D eigenvalue weighted by Crippen LogP contribution is 2.37. The van der Waals surface area contributed by atoms with Crippen molar-refractivity contribution in [3.8, 4) is 0 Å². The van der Waals surface area contributed by atoms with Crippen LogP contribution in [-0.4, -0.2) is 94.9 Å². The van der Waals surface area contributed by atoms with Crippen molar-refractivity contribution in [3.05, 3.63) is 46.5 Å². The number of hydrogen-bond donors (Lipinski definition) is 0. The Hall–Kier alpha value is -4.45. The second-order valence-corrected chi connectivity index (χ2v) is 10.3. The number of benzene rings is 2. The van der Waals surface area contributed by atoms with Gasteiger partial charge in [0, 0.05) is 71.9 Å². The Morgan fingerprint density at radius 1 is 0.700 bits per heavy atom. The zero-order valence-electron chi connectivity index (χ0n) is 22.2. The molecule has 1 saturated heterocycles. The van der Waals surface area contributed by atoms with Gasteiger partial charge in [-0.25, -0.2) is 4.79 Å². The van der Waals surface area contributed by atoms with Crippen LogP contribution in [0.3, 0.4) is 0 Å². The number of hydrogen-bond acceptors (Lipinski definition) is 9. The van der Waals surface area contributed by atoms with Gasteiger partial charge in [0.15, 0.2) is 0 Å². The van der Waals surface area contributed by atoms with Gasteiger partial charge in [-0.3, -0.25) is 38.6 Å². The normalized spacial score (nSPS) is 16.7. The Kier molecular flexibility index (Phi) is 7.19. The van der Waals surface area contributed by atoms with E-state index < -0.39 is 41.4 Å². The molecule has 6 amide bonds. The molecule has 0 bridgehead atoms. The molecule has 0 saturated carbocycles. The van der Waals surface area contributed by atoms with Gasteiger partial charge in [-0.2, -0.15) is 0 Å². The monoisotopic (exact) mass is 548 g/mol. The molecule has 0 unspecified atom stereocenters. The summed E-state index contributed by atoms with van der Waals surface area (Å²) in [7, 11) is 3.69. The molecule has 2 aromatic carbocycles. The SMILES string of the molecule is CN(C)CCN1C(=O)c2ccc3c4c(ccc(c24)C1=O)C(=O)N(CCCCCC(=O)ON1C(=O)CCC1=O)C3=O. The first-order chi connectivity index (χ1) is 19.1. The van der Waals surface area contributed by atoms with Gasteiger partial charge in [-0.05, 0) is 51.2 Å². The number of carbonyl (C=O) groups excluding carboxylic acids is 7. The zero-order chi connectivity index (χ0) is 28.7. The summed E-state index contributed by atoms with van der Waals surface area (Å²) in [6.45, 7) is 0.820. The van der Waals surface area contributed by atoms with E-state index in [9.17, 15) is 33.6 Å². The van der Waals surface area contributed by atoms with Crippen LogP contribution in [0.15, 0.2) is 24.3 Å². The van der Waals surface area contributed by atoms with Gasteiger partial charge in [0.1, 0.15) is 0 Å². The van der Waals surface area contributed by atoms with Crippen LogP contribution in [0.1, 0.15) is 80.0 Å². The Morgan fingerprint density at radius 3 is 1.60 bits per heavy atom. The number of likely N-dealkylation sites (N-methyl/N-ethyl adjacent to an activating group) is 1. The van der Waals surface area contributed by atoms with E-state index in [0.717, 1.165) is 4.90 Å². The summed E-state index contributed by atoms with van der Waals surface area (Å²) in [5.41, 5.74) is 1.07. The van der Waals surface area contributed by atoms with Gasteiger partial charge < -0.3 is 9.74 Å². The predicted octanol–water partition coefficient (Wildman–Crippen LogP) is 1.76. The van der Waals surface area contributed by atoms with Crippen molar-refractivity contribution in [2.45, 2.75) is 38.5 Å². The lowest BCUT2D eigenvalue weighted by Gasteiger charge is -2.32. The van der Waals surface area contributed by atoms with E-state index in [1.165, 1.54) is 29.2 Å². The maximum atomic E-state index is 13.4. The fourth-order valence-electron chi connectivity index (χ4n) is 5.20. The summed E-state index contributed by atoms with van der Waals surface area (Å²) in [5, 5.41) is 1.16. The topological polar surface area (TPSA) is 142 Å². The van der Waals surface area contributed by atoms with E-state index in [1.807, 2.05) is 19.0 Å². The van der Waals surface area contributed by atoms with Crippen LogP contribution >= 0.6 is 0 Å². The van der Waals surface area contributed by atoms with Crippen LogP contribution < -0.4 is 0 Å². The lowest BCUT2D eigenvalue weighted by atomic mass is 9.86. The number of amides is 6. The molecular formula is C28H28N4O8. The van der Waals surface area contributed by atoms with Crippen molar-refractivity contribution in [1.82, 2.24) is 19.8 Å². The number of imide groups is 3. The van der Waals surface area contributed by atoms with E-state index in [4.69, 9.17) is 4.84 Å². The van der Waals surface area contributed by atoms with Gasteiger partial charge >= 0.3 is 5.97 Å². The smallest absolute Gasteiger partial charge is 0.330 e. The predicted molar refractivity (Wildman–Crippen MR) is 139 cm³/mol. The molecule has 0 N–H and O–H groups in total. The summed E-state index contributed by atoms with van der Waals surface area (Å²) in [4.78, 5) is 97.2. The molecule has 3 aliphatic rings. The molecular weight excluding hydrogens is 520 g/mol. The van der Waals surface area contributed by atoms with Crippen LogP contribution in [0, 0.1) is 0 Å². The largest absolute Gasteiger partial charge is 0.333 e. The van der Waals surface area contributed by atoms with Gasteiger partial charge in [-0.1, -0.05) is 6.42 Å². The molecule has 5 rings (SSSR count). The van der Waals surface area contributed by atoms with Gasteiger partial charge in [0.25, 0.3) is 35.4 Å². The molecule has 1 fully saturated rings. The lowest BCUT2D eigenvalue weighted by Crippen LogP contribution is -2.45. The van der Waals surface area contributed by atoms with Gasteiger partial charge in [-0.15, -0.1) is 5.06 Å². The first-order valence-corrected chi connectivity index (χ1v) is 13.1. The standard InChI is InChI=1S/C28H28N4O8/c1-29(2)14-15-31-27(38)18-9-7-16-23-17(8-10-19(24(18)23)28(31)39)26(37)30(25(16)36)13-5-3-4-6-22(35)40-32-20(33)11-12-21(32)34/h7-10H,3-6,11-15H2,1-2H3. The van der Waals surface area contributed by atoms with E-state index in [-0.39, 0.29) is 54.6 Å². The zero-order valence-corrected chi connectivity index (χ0v) is 22.2. The number of rotatable bonds is 10. The highest BCUT2D eigenvalue weighted by atomic mass is 16.7. The molecule has 12 heteroatoms. The molecule has 12 nitrogen and oxygen atoms in total. The summed E-state index contributed by atoms with van der Waals surface area (Å²) in [6.07, 6.45) is 1.29. The van der Waals surface area contributed by atoms with Crippen molar-refractivity contribution < 1.29 is 38.4 Å². The Labute approximate surface area is 229 Å². The Morgan fingerprint density at radius 2 is 1.15 bits per heavy atom. The van der Waals surface area contributed by atoms with Crippen LogP contribution in [0.25, 0.3) is 10.8 Å². The molecule has 3 aliphatic heterocycles. The van der Waals surface area contributed by atoms with Gasteiger partial charge in [0.2, 0.25) is 0 Å². The third kappa shape index (κ3) is 4.64. The number of hydroxylamine groups is 2. The Balaban J connectivity index is 1.26. The minimum Gasteiger partial charge on any atom is -0.330 e. The molecule has 0 atom stereocenters. The van der Waals surface area contributed by atoms with Crippen molar-refractivity contribution in [1.29, 1.82) is 0 Å². The minimum atomic E-state index is -0.702. The van der Waals surface area contributed by atoms with Crippen molar-refractivity contribution in [2.24, 2.45) is 0 Å². The molecule has 40 heavy (non-hydrogen) atoms. The van der Waals surface area contributed by atoms with Crippen LogP contribution in [0.5, 0.6) is 0 Å². The van der Waals surface area contributed by atoms with Gasteiger partial charge in [0.05, 0.1) is 0 Å². The van der Waals surface area contributed by atoms with Crippen molar-refractivity contribution >= 4 is 52.2 Å². The van der Waals surface area contributed by atoms with Crippen molar-refractivity contribution in [3.63, 3.8) is 0 Å². The van der Waals surface area contributed by atoms with Crippen LogP contribution in [0.2, 0.25) is 0 Å². The fraction of sp³-hybridized carbons (Fsp3) is 0.393. The first kappa shape index (κ1) is 27.1. The molecule has 208 valence electrons. The third-order valence-corrected chi connectivity index (χ3v) is 7.30. The number of unbranched alkanes of at least 4 members (excludes halogenated alkanes) is 2. The van der Waals surface area contributed by atoms with E-state index in [0.29, 0.717) is 41.6 Å². The fourth-order valence-corrected chi connectivity index (χ4v) is 5.20. The van der Waals surface area contributed by atoms with E-state index in [2.05, 4.69) is 0 Å². The second-order valence-electron chi connectivity index (χ2n) is 10.3. The highest BCUT2D eigenvalue weighted by Gasteiger charge is 2.39. The first-order valence-electron chi connectivity index (χ1n) is 13.1. The van der Waals surface area contributed by atoms with E-state index in [1.54, 1.807) is 0 Å². The molecule has 0 spiro atoms. The average molecular weight is 549 g/mol. The number of carbonyl (C=O) groups is 7. The quantitative estimate of drug-likeness (QED) is 0.321. The maximum Gasteiger partial charge on any atom is 0.333 e. The summed E-state index contributed by atoms with van der Waals surface area (Å²) >= 11 is 0. The Bertz CT molecular complexity index is 1410. The molecule has 0 radical (unpaired) electrons. The third-order valence-electron chi connectivity index (χ3n) is 7.30. The highest BCUT2D eigenvalue weighted by molar-refractivity contribution is 6.33. The summed E-state index contributed by atoms with van der Waals surface area (Å²) in [5.74, 6) is -3.73. The molecule has 0 aliphatic carbocycles. The minimum absolute atomic E-state index is 0.0192. The second kappa shape index (κ2) is 10.6. The summed E-state index contributed by atoms with van der Waals surface area (Å²) < 4.78 is 0.